The Balaban J connectivity index is 3.01. The first kappa shape index (κ1) is 9.97. The van der Waals surface area contributed by atoms with Crippen molar-refractivity contribution in [3.63, 3.8) is 0 Å². The maximum absolute atomic E-state index is 10.3. The molecule has 0 heterocycles. The second-order valence-corrected chi connectivity index (χ2v) is 2.41. The molecule has 1 amide bonds. The van der Waals surface area contributed by atoms with E-state index in [2.05, 4.69) is 10.5 Å². The summed E-state index contributed by atoms with van der Waals surface area (Å²) in [6, 6.07) is 4.23. The monoisotopic (exact) mass is 196 g/mol. The molecule has 2 N–H and O–H groups in total. The summed E-state index contributed by atoms with van der Waals surface area (Å²) in [5.41, 5.74) is 0.326. The molecular weight excluding hydrogens is 188 g/mol. The Bertz CT molecular complexity index is 364. The van der Waals surface area contributed by atoms with Crippen LogP contribution < -0.4 is 10.1 Å². The summed E-state index contributed by atoms with van der Waals surface area (Å²) in [6.07, 6.45) is -1.20. The van der Waals surface area contributed by atoms with Gasteiger partial charge in [-0.2, -0.15) is 0 Å². The van der Waals surface area contributed by atoms with Crippen molar-refractivity contribution < 1.29 is 14.6 Å². The molecule has 6 nitrogen and oxygen atoms in total. The quantitative estimate of drug-likeness (QED) is 0.725. The molecule has 0 aliphatic rings. The lowest BCUT2D eigenvalue weighted by molar-refractivity contribution is 0.210. The fraction of sp³-hybridized carbons (Fsp3) is 0.125. The maximum Gasteiger partial charge on any atom is 0.409 e. The molecule has 1 rings (SSSR count). The molecule has 0 aliphatic heterocycles. The predicted molar refractivity (Wildman–Crippen MR) is 50.1 cm³/mol. The van der Waals surface area contributed by atoms with Gasteiger partial charge in [0.25, 0.3) is 0 Å². The highest BCUT2D eigenvalue weighted by atomic mass is 16.5. The van der Waals surface area contributed by atoms with Crippen LogP contribution in [0.25, 0.3) is 0 Å². The van der Waals surface area contributed by atoms with Crippen LogP contribution in [-0.2, 0) is 0 Å². The predicted octanol–water partition coefficient (Wildman–Crippen LogP) is 2.18. The van der Waals surface area contributed by atoms with Gasteiger partial charge in [-0.25, -0.2) is 4.79 Å². The molecule has 14 heavy (non-hydrogen) atoms. The van der Waals surface area contributed by atoms with E-state index >= 15 is 0 Å². The summed E-state index contributed by atoms with van der Waals surface area (Å²) < 4.78 is 4.83. The van der Waals surface area contributed by atoms with Gasteiger partial charge in [-0.05, 0) is 23.4 Å². The summed E-state index contributed by atoms with van der Waals surface area (Å²) in [4.78, 5) is 20.6. The molecule has 0 saturated carbocycles. The second-order valence-electron chi connectivity index (χ2n) is 2.41. The number of hydrogen-bond acceptors (Lipinski definition) is 4. The fourth-order valence-corrected chi connectivity index (χ4v) is 0.963. The largest absolute Gasteiger partial charge is 0.494 e. The van der Waals surface area contributed by atoms with Gasteiger partial charge in [-0.15, -0.1) is 4.91 Å². The van der Waals surface area contributed by atoms with Gasteiger partial charge in [-0.3, -0.25) is 5.32 Å². The number of methoxy groups -OCH3 is 1. The minimum atomic E-state index is -1.20. The number of carbonyl (C=O) groups is 1. The smallest absolute Gasteiger partial charge is 0.409 e. The molecule has 0 atom stereocenters. The summed E-state index contributed by atoms with van der Waals surface area (Å²) in [6.45, 7) is 0. The number of nitrogens with zero attached hydrogens (tertiary/aromatic N) is 1. The molecule has 0 fully saturated rings. The van der Waals surface area contributed by atoms with Crippen LogP contribution in [0.3, 0.4) is 0 Å². The first-order valence-electron chi connectivity index (χ1n) is 3.68. The minimum absolute atomic E-state index is 0.0544. The molecule has 0 unspecified atom stereocenters. The zero-order valence-electron chi connectivity index (χ0n) is 7.35. The van der Waals surface area contributed by atoms with Crippen LogP contribution in [0.2, 0.25) is 0 Å². The molecule has 6 heteroatoms. The molecule has 1 aromatic rings. The van der Waals surface area contributed by atoms with Crippen molar-refractivity contribution >= 4 is 17.5 Å². The molecule has 74 valence electrons. The Morgan fingerprint density at radius 3 is 2.79 bits per heavy atom. The van der Waals surface area contributed by atoms with Crippen molar-refractivity contribution in [2.24, 2.45) is 5.18 Å². The van der Waals surface area contributed by atoms with Crippen molar-refractivity contribution in [3.8, 4) is 5.75 Å². The third-order valence-electron chi connectivity index (χ3n) is 1.53. The Hall–Kier alpha value is -2.11. The molecule has 1 aromatic carbocycles. The Morgan fingerprint density at radius 2 is 2.29 bits per heavy atom. The van der Waals surface area contributed by atoms with Gasteiger partial charge in [0.05, 0.1) is 7.11 Å². The van der Waals surface area contributed by atoms with E-state index in [1.807, 2.05) is 0 Å². The zero-order valence-corrected chi connectivity index (χ0v) is 7.35. The van der Waals surface area contributed by atoms with Crippen LogP contribution in [0.4, 0.5) is 16.2 Å². The van der Waals surface area contributed by atoms with Crippen LogP contribution >= 0.6 is 0 Å². The van der Waals surface area contributed by atoms with Crippen LogP contribution in [0.1, 0.15) is 0 Å². The van der Waals surface area contributed by atoms with Gasteiger partial charge < -0.3 is 9.84 Å². The number of benzene rings is 1. The SMILES string of the molecule is COc1ccc(NC(=O)O)cc1N=O. The summed E-state index contributed by atoms with van der Waals surface area (Å²) in [5, 5.41) is 13.2. The van der Waals surface area contributed by atoms with Crippen LogP contribution in [-0.4, -0.2) is 18.3 Å². The number of ether oxygens (including phenoxy) is 1. The Morgan fingerprint density at radius 1 is 1.57 bits per heavy atom. The van der Waals surface area contributed by atoms with Crippen molar-refractivity contribution in [2.75, 3.05) is 12.4 Å². The third kappa shape index (κ3) is 2.19. The topological polar surface area (TPSA) is 88.0 Å². The number of amides is 1. The number of rotatable bonds is 3. The zero-order chi connectivity index (χ0) is 10.6. The van der Waals surface area contributed by atoms with E-state index in [0.29, 0.717) is 5.75 Å². The summed E-state index contributed by atoms with van der Waals surface area (Å²) in [7, 11) is 1.40. The van der Waals surface area contributed by atoms with E-state index in [1.54, 1.807) is 0 Å². The van der Waals surface area contributed by atoms with Gasteiger partial charge in [0.15, 0.2) is 5.69 Å². The van der Waals surface area contributed by atoms with E-state index in [9.17, 15) is 9.70 Å². The van der Waals surface area contributed by atoms with Crippen LogP contribution in [0.15, 0.2) is 23.4 Å². The Kier molecular flexibility index (Phi) is 3.01. The summed E-state index contributed by atoms with van der Waals surface area (Å²) in [5.74, 6) is 0.302. The summed E-state index contributed by atoms with van der Waals surface area (Å²) >= 11 is 0. The highest BCUT2D eigenvalue weighted by molar-refractivity contribution is 5.84. The molecule has 0 aliphatic carbocycles. The number of hydrogen-bond donors (Lipinski definition) is 2. The van der Waals surface area contributed by atoms with E-state index < -0.39 is 6.09 Å². The first-order chi connectivity index (χ1) is 6.67. The van der Waals surface area contributed by atoms with E-state index in [4.69, 9.17) is 9.84 Å². The van der Waals surface area contributed by atoms with E-state index in [-0.39, 0.29) is 11.4 Å². The van der Waals surface area contributed by atoms with Gasteiger partial charge in [0, 0.05) is 5.69 Å². The lowest BCUT2D eigenvalue weighted by Crippen LogP contribution is -2.06. The number of carboxylic acid groups (broad SMARTS) is 1. The number of nitroso groups, excluding NO2 is 1. The Labute approximate surface area is 79.5 Å². The number of anilines is 1. The maximum atomic E-state index is 10.3. The van der Waals surface area contributed by atoms with E-state index in [1.165, 1.54) is 25.3 Å². The highest BCUT2D eigenvalue weighted by Crippen LogP contribution is 2.29. The lowest BCUT2D eigenvalue weighted by Gasteiger charge is -2.04. The molecule has 0 aromatic heterocycles. The van der Waals surface area contributed by atoms with Crippen molar-refractivity contribution in [1.82, 2.24) is 0 Å². The second kappa shape index (κ2) is 4.22. The molecule has 0 bridgehead atoms. The standard InChI is InChI=1S/C8H8N2O4/c1-14-7-3-2-5(9-8(11)12)4-6(7)10-13/h2-4,9H,1H3,(H,11,12). The average Bonchev–Trinajstić information content (AvgIpc) is 2.16. The molecular formula is C8H8N2O4. The molecule has 0 saturated heterocycles. The first-order valence-corrected chi connectivity index (χ1v) is 3.68. The van der Waals surface area contributed by atoms with Gasteiger partial charge in [-0.1, -0.05) is 0 Å². The van der Waals surface area contributed by atoms with Crippen molar-refractivity contribution in [2.45, 2.75) is 0 Å². The average molecular weight is 196 g/mol. The van der Waals surface area contributed by atoms with Gasteiger partial charge >= 0.3 is 6.09 Å². The third-order valence-corrected chi connectivity index (χ3v) is 1.53. The minimum Gasteiger partial charge on any atom is -0.494 e. The van der Waals surface area contributed by atoms with Crippen LogP contribution in [0.5, 0.6) is 5.75 Å². The lowest BCUT2D eigenvalue weighted by atomic mass is 10.2. The van der Waals surface area contributed by atoms with E-state index in [0.717, 1.165) is 0 Å². The highest BCUT2D eigenvalue weighted by Gasteiger charge is 2.05. The van der Waals surface area contributed by atoms with Gasteiger partial charge in [0.2, 0.25) is 0 Å². The normalized spacial score (nSPS) is 9.21. The van der Waals surface area contributed by atoms with Crippen molar-refractivity contribution in [3.05, 3.63) is 23.1 Å². The van der Waals surface area contributed by atoms with Crippen LogP contribution in [0, 0.1) is 4.91 Å². The molecule has 0 spiro atoms. The van der Waals surface area contributed by atoms with Crippen molar-refractivity contribution in [1.29, 1.82) is 0 Å². The number of nitrogens with one attached hydrogen (secondary N) is 1. The molecule has 0 radical (unpaired) electrons. The van der Waals surface area contributed by atoms with Gasteiger partial charge in [0.1, 0.15) is 5.75 Å². The fourth-order valence-electron chi connectivity index (χ4n) is 0.963.